The first-order valence-electron chi connectivity index (χ1n) is 11.6. The zero-order valence-corrected chi connectivity index (χ0v) is 19.9. The van der Waals surface area contributed by atoms with Crippen LogP contribution >= 0.6 is 0 Å². The van der Waals surface area contributed by atoms with Gasteiger partial charge in [0.2, 0.25) is 5.91 Å². The number of benzene rings is 2. The highest BCUT2D eigenvalue weighted by Gasteiger charge is 2.35. The predicted octanol–water partition coefficient (Wildman–Crippen LogP) is 3.90. The maximum Gasteiger partial charge on any atom is 0.319 e. The minimum Gasteiger partial charge on any atom is -0.337 e. The molecule has 2 N–H and O–H groups in total. The topological polar surface area (TPSA) is 81.8 Å². The van der Waals surface area contributed by atoms with E-state index in [-0.39, 0.29) is 23.8 Å². The van der Waals surface area contributed by atoms with Crippen molar-refractivity contribution in [2.45, 2.75) is 46.2 Å². The minimum atomic E-state index is -0.635. The fourth-order valence-corrected chi connectivity index (χ4v) is 4.03. The van der Waals surface area contributed by atoms with E-state index in [0.717, 1.165) is 12.0 Å². The molecule has 4 amide bonds. The third-order valence-electron chi connectivity index (χ3n) is 6.30. The first-order valence-corrected chi connectivity index (χ1v) is 11.6. The number of anilines is 1. The van der Waals surface area contributed by atoms with Crippen LogP contribution in [0.1, 0.15) is 43.1 Å². The average Bonchev–Trinajstić information content (AvgIpc) is 2.83. The largest absolute Gasteiger partial charge is 0.337 e. The van der Waals surface area contributed by atoms with Crippen molar-refractivity contribution in [1.29, 1.82) is 0 Å². The summed E-state index contributed by atoms with van der Waals surface area (Å²) < 4.78 is 0. The Hall–Kier alpha value is -3.35. The second kappa shape index (κ2) is 11.0. The third-order valence-corrected chi connectivity index (χ3v) is 6.30. The fourth-order valence-electron chi connectivity index (χ4n) is 4.03. The van der Waals surface area contributed by atoms with Gasteiger partial charge in [-0.05, 0) is 44.0 Å². The highest BCUT2D eigenvalue weighted by Crippen LogP contribution is 2.18. The lowest BCUT2D eigenvalue weighted by Crippen LogP contribution is -2.60. The van der Waals surface area contributed by atoms with Crippen LogP contribution in [0.4, 0.5) is 10.5 Å². The van der Waals surface area contributed by atoms with Crippen molar-refractivity contribution in [3.8, 4) is 0 Å². The van der Waals surface area contributed by atoms with E-state index >= 15 is 0 Å². The molecule has 7 nitrogen and oxygen atoms in total. The molecule has 0 spiro atoms. The quantitative estimate of drug-likeness (QED) is 0.700. The normalized spacial score (nSPS) is 17.8. The molecule has 0 aliphatic carbocycles. The Bertz CT molecular complexity index is 961. The molecule has 0 aromatic heterocycles. The van der Waals surface area contributed by atoms with Crippen LogP contribution in [0.5, 0.6) is 0 Å². The Morgan fingerprint density at radius 3 is 2.30 bits per heavy atom. The second-order valence-electron chi connectivity index (χ2n) is 8.83. The van der Waals surface area contributed by atoms with E-state index in [0.29, 0.717) is 30.9 Å². The number of nitrogens with one attached hydrogen (secondary N) is 2. The van der Waals surface area contributed by atoms with Gasteiger partial charge in [-0.2, -0.15) is 0 Å². The summed E-state index contributed by atoms with van der Waals surface area (Å²) in [5.74, 6) is -0.160. The molecule has 1 aliphatic rings. The van der Waals surface area contributed by atoms with Crippen LogP contribution in [0.3, 0.4) is 0 Å². The van der Waals surface area contributed by atoms with E-state index < -0.39 is 12.1 Å². The number of hydrogen-bond donors (Lipinski definition) is 2. The number of carbonyl (C=O) groups excluding carboxylic acids is 3. The molecule has 3 atom stereocenters. The molecule has 1 saturated heterocycles. The van der Waals surface area contributed by atoms with Crippen LogP contribution < -0.4 is 10.6 Å². The van der Waals surface area contributed by atoms with Gasteiger partial charge in [0.1, 0.15) is 6.04 Å². The van der Waals surface area contributed by atoms with E-state index in [1.807, 2.05) is 87.2 Å². The predicted molar refractivity (Wildman–Crippen MR) is 130 cm³/mol. The van der Waals surface area contributed by atoms with Gasteiger partial charge in [-0.1, -0.05) is 56.2 Å². The molecule has 0 bridgehead atoms. The summed E-state index contributed by atoms with van der Waals surface area (Å²) in [6.45, 7) is 9.24. The molecule has 7 heteroatoms. The first-order chi connectivity index (χ1) is 15.8. The Morgan fingerprint density at radius 1 is 1.03 bits per heavy atom. The molecule has 2 aromatic carbocycles. The molecular formula is C26H34N4O3. The number of piperazine rings is 1. The van der Waals surface area contributed by atoms with Crippen LogP contribution in [0.25, 0.3) is 0 Å². The van der Waals surface area contributed by atoms with Crippen molar-refractivity contribution >= 4 is 23.5 Å². The van der Waals surface area contributed by atoms with Gasteiger partial charge in [0, 0.05) is 36.9 Å². The van der Waals surface area contributed by atoms with E-state index in [2.05, 4.69) is 10.6 Å². The Labute approximate surface area is 196 Å². The van der Waals surface area contributed by atoms with Gasteiger partial charge in [0.15, 0.2) is 0 Å². The standard InChI is InChI=1S/C26H34N4O3/c1-5-19(3)23(28-26(33)27-22-13-11-18(2)12-14-22)25(32)29-15-16-30(20(4)17-29)24(31)21-9-7-6-8-10-21/h6-14,19-20,23H,5,15-17H2,1-4H3,(H2,27,28,33). The van der Waals surface area contributed by atoms with Gasteiger partial charge in [0.05, 0.1) is 0 Å². The van der Waals surface area contributed by atoms with E-state index in [1.54, 1.807) is 4.90 Å². The van der Waals surface area contributed by atoms with Gasteiger partial charge in [0.25, 0.3) is 5.91 Å². The molecule has 1 heterocycles. The lowest BCUT2D eigenvalue weighted by molar-refractivity contribution is -0.136. The van der Waals surface area contributed by atoms with Crippen molar-refractivity contribution in [3.05, 3.63) is 65.7 Å². The molecule has 1 aliphatic heterocycles. The Kier molecular flexibility index (Phi) is 8.09. The molecule has 33 heavy (non-hydrogen) atoms. The molecule has 176 valence electrons. The van der Waals surface area contributed by atoms with E-state index in [9.17, 15) is 14.4 Å². The summed E-state index contributed by atoms with van der Waals surface area (Å²) in [5, 5.41) is 5.69. The molecule has 3 unspecified atom stereocenters. The lowest BCUT2D eigenvalue weighted by Gasteiger charge is -2.41. The SMILES string of the molecule is CCC(C)C(NC(=O)Nc1ccc(C)cc1)C(=O)N1CCN(C(=O)c2ccccc2)C(C)C1. The highest BCUT2D eigenvalue weighted by molar-refractivity contribution is 5.95. The van der Waals surface area contributed by atoms with Crippen LogP contribution in [-0.4, -0.2) is 59.4 Å². The number of carbonyl (C=O) groups is 3. The molecular weight excluding hydrogens is 416 g/mol. The fraction of sp³-hybridized carbons (Fsp3) is 0.423. The summed E-state index contributed by atoms with van der Waals surface area (Å²) in [6.07, 6.45) is 0.753. The molecule has 3 rings (SSSR count). The highest BCUT2D eigenvalue weighted by atomic mass is 16.2. The van der Waals surface area contributed by atoms with Crippen LogP contribution in [0, 0.1) is 12.8 Å². The number of aryl methyl sites for hydroxylation is 1. The van der Waals surface area contributed by atoms with Gasteiger partial charge in [-0.25, -0.2) is 4.79 Å². The zero-order chi connectivity index (χ0) is 24.0. The van der Waals surface area contributed by atoms with Crippen molar-refractivity contribution < 1.29 is 14.4 Å². The van der Waals surface area contributed by atoms with Gasteiger partial charge >= 0.3 is 6.03 Å². The van der Waals surface area contributed by atoms with Gasteiger partial charge < -0.3 is 20.4 Å². The first kappa shape index (κ1) is 24.3. The second-order valence-corrected chi connectivity index (χ2v) is 8.83. The molecule has 2 aromatic rings. The van der Waals surface area contributed by atoms with Crippen molar-refractivity contribution in [2.75, 3.05) is 25.0 Å². The molecule has 1 fully saturated rings. The summed E-state index contributed by atoms with van der Waals surface area (Å²) in [7, 11) is 0. The monoisotopic (exact) mass is 450 g/mol. The summed E-state index contributed by atoms with van der Waals surface area (Å²) >= 11 is 0. The van der Waals surface area contributed by atoms with Gasteiger partial charge in [-0.15, -0.1) is 0 Å². The lowest BCUT2D eigenvalue weighted by atomic mass is 9.97. The number of hydrogen-bond acceptors (Lipinski definition) is 3. The summed E-state index contributed by atoms with van der Waals surface area (Å²) in [4.78, 5) is 42.5. The van der Waals surface area contributed by atoms with Gasteiger partial charge in [-0.3, -0.25) is 9.59 Å². The molecule has 0 radical (unpaired) electrons. The van der Waals surface area contributed by atoms with E-state index in [1.165, 1.54) is 0 Å². The summed E-state index contributed by atoms with van der Waals surface area (Å²) in [6, 6.07) is 15.6. The Balaban J connectivity index is 1.64. The number of urea groups is 1. The Morgan fingerprint density at radius 2 is 1.70 bits per heavy atom. The zero-order valence-electron chi connectivity index (χ0n) is 19.9. The number of amides is 4. The number of nitrogens with zero attached hydrogens (tertiary/aromatic N) is 2. The average molecular weight is 451 g/mol. The van der Waals surface area contributed by atoms with Crippen LogP contribution in [0.15, 0.2) is 54.6 Å². The third kappa shape index (κ3) is 6.12. The molecule has 0 saturated carbocycles. The van der Waals surface area contributed by atoms with Crippen LogP contribution in [-0.2, 0) is 4.79 Å². The van der Waals surface area contributed by atoms with E-state index in [4.69, 9.17) is 0 Å². The minimum absolute atomic E-state index is 0.0238. The van der Waals surface area contributed by atoms with Crippen molar-refractivity contribution in [3.63, 3.8) is 0 Å². The van der Waals surface area contributed by atoms with Crippen molar-refractivity contribution in [2.24, 2.45) is 5.92 Å². The van der Waals surface area contributed by atoms with Crippen molar-refractivity contribution in [1.82, 2.24) is 15.1 Å². The maximum atomic E-state index is 13.4. The number of rotatable bonds is 6. The maximum absolute atomic E-state index is 13.4. The smallest absolute Gasteiger partial charge is 0.319 e. The summed E-state index contributed by atoms with van der Waals surface area (Å²) in [5.41, 5.74) is 2.43. The van der Waals surface area contributed by atoms with Crippen LogP contribution in [0.2, 0.25) is 0 Å².